The summed E-state index contributed by atoms with van der Waals surface area (Å²) in [6.07, 6.45) is 1.72. The smallest absolute Gasteiger partial charge is 0.348 e. The lowest BCUT2D eigenvalue weighted by atomic mass is 10.2. The third kappa shape index (κ3) is 3.15. The fourth-order valence-electron chi connectivity index (χ4n) is 2.54. The number of likely N-dealkylation sites (tertiary alicyclic amines) is 1. The van der Waals surface area contributed by atoms with Gasteiger partial charge in [-0.2, -0.15) is 0 Å². The quantitative estimate of drug-likeness (QED) is 0.872. The summed E-state index contributed by atoms with van der Waals surface area (Å²) in [4.78, 5) is 27.7. The maximum absolute atomic E-state index is 12.1. The van der Waals surface area contributed by atoms with Gasteiger partial charge in [-0.25, -0.2) is 9.59 Å². The molecule has 3 rings (SSSR count). The van der Waals surface area contributed by atoms with Crippen LogP contribution in [0.25, 0.3) is 9.75 Å². The number of hydrogen-bond donors (Lipinski definition) is 1. The van der Waals surface area contributed by atoms with Crippen LogP contribution in [0.1, 0.15) is 22.5 Å². The largest absolute Gasteiger partial charge is 0.459 e. The molecule has 1 saturated heterocycles. The van der Waals surface area contributed by atoms with Crippen LogP contribution in [-0.2, 0) is 4.74 Å². The van der Waals surface area contributed by atoms with Gasteiger partial charge in [-0.05, 0) is 36.4 Å². The zero-order valence-electron chi connectivity index (χ0n) is 11.9. The molecule has 1 fully saturated rings. The van der Waals surface area contributed by atoms with Gasteiger partial charge in [0.05, 0.1) is 6.04 Å². The minimum absolute atomic E-state index is 0.0989. The average Bonchev–Trinajstić information content (AvgIpc) is 3.23. The number of amides is 2. The number of nitrogens with two attached hydrogens (primary N) is 1. The van der Waals surface area contributed by atoms with Crippen molar-refractivity contribution in [3.8, 4) is 9.75 Å². The number of urea groups is 1. The molecule has 3 heterocycles. The van der Waals surface area contributed by atoms with E-state index in [1.807, 2.05) is 23.6 Å². The first-order valence-corrected chi connectivity index (χ1v) is 8.71. The van der Waals surface area contributed by atoms with Gasteiger partial charge in [0.15, 0.2) is 0 Å². The number of primary amides is 1. The Balaban J connectivity index is 1.59. The van der Waals surface area contributed by atoms with Crippen LogP contribution in [0.3, 0.4) is 0 Å². The van der Waals surface area contributed by atoms with Crippen LogP contribution in [0, 0.1) is 0 Å². The monoisotopic (exact) mass is 336 g/mol. The number of hydrogen-bond acceptors (Lipinski definition) is 5. The molecule has 0 radical (unpaired) electrons. The summed E-state index contributed by atoms with van der Waals surface area (Å²) in [7, 11) is 0. The lowest BCUT2D eigenvalue weighted by molar-refractivity contribution is 0.0428. The topological polar surface area (TPSA) is 72.6 Å². The Morgan fingerprint density at radius 2 is 2.18 bits per heavy atom. The second kappa shape index (κ2) is 6.50. The fourth-order valence-corrected chi connectivity index (χ4v) is 4.28. The summed E-state index contributed by atoms with van der Waals surface area (Å²) in [5, 5.41) is 2.01. The normalized spacial score (nSPS) is 17.6. The minimum Gasteiger partial charge on any atom is -0.459 e. The van der Waals surface area contributed by atoms with E-state index < -0.39 is 6.03 Å². The van der Waals surface area contributed by atoms with Crippen molar-refractivity contribution in [2.24, 2.45) is 5.73 Å². The average molecular weight is 336 g/mol. The van der Waals surface area contributed by atoms with Gasteiger partial charge >= 0.3 is 12.0 Å². The molecule has 2 aromatic heterocycles. The summed E-state index contributed by atoms with van der Waals surface area (Å²) in [6, 6.07) is 7.17. The van der Waals surface area contributed by atoms with E-state index in [-0.39, 0.29) is 18.6 Å². The van der Waals surface area contributed by atoms with Gasteiger partial charge in [-0.3, -0.25) is 0 Å². The molecule has 0 spiro atoms. The zero-order chi connectivity index (χ0) is 15.5. The Morgan fingerprint density at radius 1 is 1.32 bits per heavy atom. The molecule has 1 aliphatic rings. The number of carbonyl (C=O) groups excluding carboxylic acids is 2. The van der Waals surface area contributed by atoms with E-state index in [2.05, 4.69) is 0 Å². The molecule has 2 N–H and O–H groups in total. The summed E-state index contributed by atoms with van der Waals surface area (Å²) in [6.45, 7) is 0.840. The molecule has 0 saturated carbocycles. The first kappa shape index (κ1) is 15.1. The van der Waals surface area contributed by atoms with Gasteiger partial charge in [0.2, 0.25) is 0 Å². The standard InChI is InChI=1S/C15H16N2O3S2/c16-15(19)17-7-1-3-10(17)9-20-14(18)13-6-5-12(22-13)11-4-2-8-21-11/h2,4-6,8,10H,1,3,7,9H2,(H2,16,19). The van der Waals surface area contributed by atoms with Crippen LogP contribution in [0.15, 0.2) is 29.6 Å². The second-order valence-corrected chi connectivity index (χ2v) is 7.10. The van der Waals surface area contributed by atoms with Gasteiger partial charge in [0.25, 0.3) is 0 Å². The molecule has 7 heteroatoms. The molecule has 116 valence electrons. The van der Waals surface area contributed by atoms with E-state index >= 15 is 0 Å². The molecule has 1 atom stereocenters. The SMILES string of the molecule is NC(=O)N1CCCC1COC(=O)c1ccc(-c2cccs2)s1. The van der Waals surface area contributed by atoms with Crippen molar-refractivity contribution in [2.75, 3.05) is 13.2 Å². The van der Waals surface area contributed by atoms with Crippen molar-refractivity contribution >= 4 is 34.7 Å². The van der Waals surface area contributed by atoms with E-state index in [0.29, 0.717) is 11.4 Å². The van der Waals surface area contributed by atoms with Crippen LogP contribution in [0.5, 0.6) is 0 Å². The number of thiophene rings is 2. The maximum atomic E-state index is 12.1. The Labute approximate surface area is 136 Å². The molecule has 0 aliphatic carbocycles. The molecule has 22 heavy (non-hydrogen) atoms. The van der Waals surface area contributed by atoms with Gasteiger partial charge in [-0.15, -0.1) is 22.7 Å². The van der Waals surface area contributed by atoms with Crippen LogP contribution in [0.4, 0.5) is 4.79 Å². The van der Waals surface area contributed by atoms with Gasteiger partial charge < -0.3 is 15.4 Å². The number of ether oxygens (including phenoxy) is 1. The van der Waals surface area contributed by atoms with E-state index in [9.17, 15) is 9.59 Å². The van der Waals surface area contributed by atoms with Crippen molar-refractivity contribution in [2.45, 2.75) is 18.9 Å². The van der Waals surface area contributed by atoms with Crippen molar-refractivity contribution in [3.05, 3.63) is 34.5 Å². The maximum Gasteiger partial charge on any atom is 0.348 e. The predicted octanol–water partition coefficient (Wildman–Crippen LogP) is 3.18. The summed E-state index contributed by atoms with van der Waals surface area (Å²) in [5.41, 5.74) is 5.31. The van der Waals surface area contributed by atoms with Crippen LogP contribution in [-0.4, -0.2) is 36.1 Å². The molecule has 1 unspecified atom stereocenters. The zero-order valence-corrected chi connectivity index (χ0v) is 13.5. The van der Waals surface area contributed by atoms with Crippen molar-refractivity contribution in [1.29, 1.82) is 0 Å². The van der Waals surface area contributed by atoms with E-state index in [4.69, 9.17) is 10.5 Å². The molecule has 2 aromatic rings. The fraction of sp³-hybridized carbons (Fsp3) is 0.333. The van der Waals surface area contributed by atoms with Gasteiger partial charge in [0, 0.05) is 16.3 Å². The number of rotatable bonds is 4. The van der Waals surface area contributed by atoms with Crippen LogP contribution < -0.4 is 5.73 Å². The highest BCUT2D eigenvalue weighted by Crippen LogP contribution is 2.31. The van der Waals surface area contributed by atoms with Crippen LogP contribution in [0.2, 0.25) is 0 Å². The van der Waals surface area contributed by atoms with Crippen molar-refractivity contribution < 1.29 is 14.3 Å². The van der Waals surface area contributed by atoms with E-state index in [0.717, 1.165) is 22.6 Å². The molecule has 5 nitrogen and oxygen atoms in total. The first-order valence-electron chi connectivity index (χ1n) is 7.02. The molecule has 2 amide bonds. The molecule has 1 aliphatic heterocycles. The highest BCUT2D eigenvalue weighted by molar-refractivity contribution is 7.22. The Kier molecular flexibility index (Phi) is 4.44. The van der Waals surface area contributed by atoms with Crippen LogP contribution >= 0.6 is 22.7 Å². The Hall–Kier alpha value is -1.86. The van der Waals surface area contributed by atoms with E-state index in [1.54, 1.807) is 22.3 Å². The summed E-state index contributed by atoms with van der Waals surface area (Å²) >= 11 is 3.06. The van der Waals surface area contributed by atoms with Gasteiger partial charge in [0.1, 0.15) is 11.5 Å². The molecule has 0 bridgehead atoms. The van der Waals surface area contributed by atoms with E-state index in [1.165, 1.54) is 11.3 Å². The second-order valence-electron chi connectivity index (χ2n) is 5.07. The summed E-state index contributed by atoms with van der Waals surface area (Å²) in [5.74, 6) is -0.343. The van der Waals surface area contributed by atoms with Crippen molar-refractivity contribution in [1.82, 2.24) is 4.90 Å². The minimum atomic E-state index is -0.449. The lowest BCUT2D eigenvalue weighted by Gasteiger charge is -2.21. The first-order chi connectivity index (χ1) is 10.6. The number of esters is 1. The third-order valence-electron chi connectivity index (χ3n) is 3.64. The Morgan fingerprint density at radius 3 is 2.91 bits per heavy atom. The molecule has 0 aromatic carbocycles. The third-order valence-corrected chi connectivity index (χ3v) is 5.77. The highest BCUT2D eigenvalue weighted by Gasteiger charge is 2.28. The molecular weight excluding hydrogens is 320 g/mol. The predicted molar refractivity (Wildman–Crippen MR) is 87.2 cm³/mol. The molecular formula is C15H16N2O3S2. The van der Waals surface area contributed by atoms with Gasteiger partial charge in [-0.1, -0.05) is 6.07 Å². The van der Waals surface area contributed by atoms with Crippen molar-refractivity contribution in [3.63, 3.8) is 0 Å². The highest BCUT2D eigenvalue weighted by atomic mass is 32.1. The summed E-state index contributed by atoms with van der Waals surface area (Å²) < 4.78 is 5.35. The lowest BCUT2D eigenvalue weighted by Crippen LogP contribution is -2.41. The number of nitrogens with zero attached hydrogens (tertiary/aromatic N) is 1. The number of carbonyl (C=O) groups is 2. The Bertz CT molecular complexity index is 666.